The second-order valence-electron chi connectivity index (χ2n) is 7.33. The Hall–Kier alpha value is -2.11. The van der Waals surface area contributed by atoms with Crippen LogP contribution in [0.1, 0.15) is 18.2 Å². The van der Waals surface area contributed by atoms with Gasteiger partial charge in [-0.1, -0.05) is 12.1 Å². The zero-order valence-electron chi connectivity index (χ0n) is 16.1. The molecule has 0 amide bonds. The maximum atomic E-state index is 13.0. The van der Waals surface area contributed by atoms with Crippen LogP contribution in [0.25, 0.3) is 22.0 Å². The van der Waals surface area contributed by atoms with Crippen LogP contribution in [0.15, 0.2) is 47.4 Å². The quantitative estimate of drug-likeness (QED) is 0.693. The van der Waals surface area contributed by atoms with E-state index in [1.807, 2.05) is 47.6 Å². The average Bonchev–Trinajstić information content (AvgIpc) is 2.70. The smallest absolute Gasteiger partial charge is 0.258 e. The largest absolute Gasteiger partial charge is 0.315 e. The van der Waals surface area contributed by atoms with Gasteiger partial charge in [0.1, 0.15) is 0 Å². The summed E-state index contributed by atoms with van der Waals surface area (Å²) in [5.74, 6) is 1.13. The molecule has 5 heteroatoms. The van der Waals surface area contributed by atoms with Gasteiger partial charge in [0.2, 0.25) is 0 Å². The van der Waals surface area contributed by atoms with Crippen molar-refractivity contribution < 1.29 is 0 Å². The molecule has 0 radical (unpaired) electrons. The van der Waals surface area contributed by atoms with Crippen molar-refractivity contribution in [2.24, 2.45) is 7.05 Å². The zero-order chi connectivity index (χ0) is 19.0. The van der Waals surface area contributed by atoms with Crippen LogP contribution in [-0.2, 0) is 20.0 Å². The SMILES string of the molecule is CSCC(C)N1CCc2c(cc(-c3ccc4ncccc4c3)c(=O)n2C)C1. The fourth-order valence-corrected chi connectivity index (χ4v) is 4.72. The van der Waals surface area contributed by atoms with Gasteiger partial charge < -0.3 is 4.57 Å². The lowest BCUT2D eigenvalue weighted by atomic mass is 9.98. The standard InChI is InChI=1S/C22H25N3OS/c1-15(14-27-3)25-10-8-21-18(13-25)12-19(22(26)24(21)2)16-6-7-20-17(11-16)5-4-9-23-20/h4-7,9,11-12,15H,8,10,13-14H2,1-3H3. The minimum Gasteiger partial charge on any atom is -0.315 e. The van der Waals surface area contributed by atoms with Gasteiger partial charge in [-0.2, -0.15) is 11.8 Å². The Morgan fingerprint density at radius 2 is 2.11 bits per heavy atom. The van der Waals surface area contributed by atoms with Crippen LogP contribution in [-0.4, -0.2) is 39.0 Å². The molecule has 0 bridgehead atoms. The van der Waals surface area contributed by atoms with Crippen molar-refractivity contribution >= 4 is 22.7 Å². The Kier molecular flexibility index (Phi) is 5.06. The van der Waals surface area contributed by atoms with Crippen LogP contribution in [0.4, 0.5) is 0 Å². The lowest BCUT2D eigenvalue weighted by Crippen LogP contribution is -2.41. The molecule has 4 rings (SSSR count). The van der Waals surface area contributed by atoms with Gasteiger partial charge in [0, 0.05) is 61.2 Å². The van der Waals surface area contributed by atoms with Crippen molar-refractivity contribution in [1.29, 1.82) is 0 Å². The molecule has 0 N–H and O–H groups in total. The Balaban J connectivity index is 1.77. The molecule has 140 valence electrons. The molecule has 0 spiro atoms. The first-order valence-electron chi connectivity index (χ1n) is 9.38. The van der Waals surface area contributed by atoms with E-state index in [2.05, 4.69) is 35.2 Å². The summed E-state index contributed by atoms with van der Waals surface area (Å²) in [7, 11) is 1.91. The fraction of sp³-hybridized carbons (Fsp3) is 0.364. The Morgan fingerprint density at radius 3 is 2.93 bits per heavy atom. The summed E-state index contributed by atoms with van der Waals surface area (Å²) < 4.78 is 1.86. The van der Waals surface area contributed by atoms with Gasteiger partial charge in [0.15, 0.2) is 0 Å². The number of hydrogen-bond acceptors (Lipinski definition) is 4. The first kappa shape index (κ1) is 18.3. The number of nitrogens with zero attached hydrogens (tertiary/aromatic N) is 3. The second-order valence-corrected chi connectivity index (χ2v) is 8.24. The molecule has 0 saturated carbocycles. The van der Waals surface area contributed by atoms with Crippen LogP contribution < -0.4 is 5.56 Å². The minimum atomic E-state index is 0.0857. The van der Waals surface area contributed by atoms with E-state index in [0.29, 0.717) is 6.04 Å². The van der Waals surface area contributed by atoms with Crippen molar-refractivity contribution in [3.05, 3.63) is 64.2 Å². The number of hydrogen-bond donors (Lipinski definition) is 0. The molecule has 4 nitrogen and oxygen atoms in total. The van der Waals surface area contributed by atoms with Crippen molar-refractivity contribution in [3.8, 4) is 11.1 Å². The summed E-state index contributed by atoms with van der Waals surface area (Å²) in [5.41, 5.74) is 5.24. The highest BCUT2D eigenvalue weighted by atomic mass is 32.2. The average molecular weight is 380 g/mol. The number of benzene rings is 1. The first-order valence-corrected chi connectivity index (χ1v) is 10.8. The molecule has 3 heterocycles. The molecule has 3 aromatic rings. The summed E-state index contributed by atoms with van der Waals surface area (Å²) in [6, 6.07) is 12.7. The molecule has 1 unspecified atom stereocenters. The third kappa shape index (κ3) is 3.42. The number of rotatable bonds is 4. The van der Waals surface area contributed by atoms with E-state index in [1.165, 1.54) is 11.3 Å². The maximum Gasteiger partial charge on any atom is 0.258 e. The molecule has 27 heavy (non-hydrogen) atoms. The van der Waals surface area contributed by atoms with Crippen LogP contribution in [0.5, 0.6) is 0 Å². The van der Waals surface area contributed by atoms with E-state index in [4.69, 9.17) is 0 Å². The van der Waals surface area contributed by atoms with Gasteiger partial charge in [-0.15, -0.1) is 0 Å². The van der Waals surface area contributed by atoms with E-state index in [1.54, 1.807) is 6.20 Å². The van der Waals surface area contributed by atoms with Crippen molar-refractivity contribution in [2.75, 3.05) is 18.6 Å². The molecule has 1 aliphatic rings. The van der Waals surface area contributed by atoms with Gasteiger partial charge in [0.05, 0.1) is 5.52 Å². The maximum absolute atomic E-state index is 13.0. The predicted octanol–water partition coefficient (Wildman–Crippen LogP) is 3.71. The van der Waals surface area contributed by atoms with Crippen LogP contribution in [0.2, 0.25) is 0 Å². The zero-order valence-corrected chi connectivity index (χ0v) is 16.9. The monoisotopic (exact) mass is 379 g/mol. The number of fused-ring (bicyclic) bond motifs is 2. The highest BCUT2D eigenvalue weighted by Gasteiger charge is 2.24. The van der Waals surface area contributed by atoms with Crippen molar-refractivity contribution in [2.45, 2.75) is 25.9 Å². The molecule has 1 atom stereocenters. The highest BCUT2D eigenvalue weighted by molar-refractivity contribution is 7.98. The van der Waals surface area contributed by atoms with Crippen molar-refractivity contribution in [3.63, 3.8) is 0 Å². The highest BCUT2D eigenvalue weighted by Crippen LogP contribution is 2.26. The van der Waals surface area contributed by atoms with Crippen LogP contribution in [0, 0.1) is 0 Å². The van der Waals surface area contributed by atoms with Crippen molar-refractivity contribution in [1.82, 2.24) is 14.5 Å². The second kappa shape index (κ2) is 7.49. The Morgan fingerprint density at radius 1 is 1.26 bits per heavy atom. The molecular weight excluding hydrogens is 354 g/mol. The summed E-state index contributed by atoms with van der Waals surface area (Å²) >= 11 is 1.89. The van der Waals surface area contributed by atoms with Crippen LogP contribution >= 0.6 is 11.8 Å². The molecule has 2 aromatic heterocycles. The molecule has 0 fully saturated rings. The number of aromatic nitrogens is 2. The van der Waals surface area contributed by atoms with Gasteiger partial charge >= 0.3 is 0 Å². The predicted molar refractivity (Wildman–Crippen MR) is 114 cm³/mol. The lowest BCUT2D eigenvalue weighted by molar-refractivity contribution is 0.203. The van der Waals surface area contributed by atoms with E-state index < -0.39 is 0 Å². The molecule has 0 aliphatic carbocycles. The van der Waals surface area contributed by atoms with E-state index in [0.717, 1.165) is 47.3 Å². The molecular formula is C22H25N3OS. The van der Waals surface area contributed by atoms with E-state index in [9.17, 15) is 4.79 Å². The van der Waals surface area contributed by atoms with Gasteiger partial charge in [-0.25, -0.2) is 0 Å². The summed E-state index contributed by atoms with van der Waals surface area (Å²) in [6.45, 7) is 4.22. The van der Waals surface area contributed by atoms with Gasteiger partial charge in [-0.05, 0) is 48.6 Å². The summed E-state index contributed by atoms with van der Waals surface area (Å²) in [5, 5.41) is 1.06. The summed E-state index contributed by atoms with van der Waals surface area (Å²) in [4.78, 5) is 19.9. The molecule has 1 aromatic carbocycles. The Bertz CT molecular complexity index is 1040. The third-order valence-corrected chi connectivity index (χ3v) is 6.40. The Labute approximate surface area is 164 Å². The normalized spacial score (nSPS) is 15.7. The van der Waals surface area contributed by atoms with E-state index >= 15 is 0 Å². The summed E-state index contributed by atoms with van der Waals surface area (Å²) in [6.07, 6.45) is 4.89. The lowest BCUT2D eigenvalue weighted by Gasteiger charge is -2.34. The van der Waals surface area contributed by atoms with Crippen LogP contribution in [0.3, 0.4) is 0 Å². The number of thioether (sulfide) groups is 1. The third-order valence-electron chi connectivity index (χ3n) is 5.58. The van der Waals surface area contributed by atoms with Gasteiger partial charge in [0.25, 0.3) is 5.56 Å². The fourth-order valence-electron chi connectivity index (χ4n) is 4.02. The molecule has 1 aliphatic heterocycles. The molecule has 0 saturated heterocycles. The van der Waals surface area contributed by atoms with E-state index in [-0.39, 0.29) is 5.56 Å². The topological polar surface area (TPSA) is 38.1 Å². The first-order chi connectivity index (χ1) is 13.1. The minimum absolute atomic E-state index is 0.0857. The number of pyridine rings is 2. The van der Waals surface area contributed by atoms with Gasteiger partial charge in [-0.3, -0.25) is 14.7 Å².